The van der Waals surface area contributed by atoms with Gasteiger partial charge in [-0.15, -0.1) is 10.2 Å². The molecule has 0 fully saturated rings. The number of hydrogen-bond donors (Lipinski definition) is 2. The molecule has 2 N–H and O–H groups in total. The van der Waals surface area contributed by atoms with Gasteiger partial charge in [0.15, 0.2) is 5.69 Å². The number of nitrogens with one attached hydrogen (secondary N) is 1. The van der Waals surface area contributed by atoms with Gasteiger partial charge in [0.1, 0.15) is 18.0 Å². The number of H-pyrrole nitrogens is 1. The summed E-state index contributed by atoms with van der Waals surface area (Å²) in [6.07, 6.45) is 0.995. The Morgan fingerprint density at radius 2 is 1.74 bits per heavy atom. The number of azo groups is 1. The van der Waals surface area contributed by atoms with Crippen LogP contribution < -0.4 is 9.04 Å². The van der Waals surface area contributed by atoms with Crippen LogP contribution in [0.25, 0.3) is 10.9 Å². The third-order valence-electron chi connectivity index (χ3n) is 4.76. The maximum Gasteiger partial charge on any atom is 0.285 e. The SMILES string of the molecule is CS(=O)(=O)N(CC(=O)N=Nc1c(O)[nH]c2ccc(Br)cc12)c1ccc(Oc2ccccc2)cc1. The second kappa shape index (κ2) is 9.65. The van der Waals surface area contributed by atoms with Crippen molar-refractivity contribution in [1.29, 1.82) is 0 Å². The van der Waals surface area contributed by atoms with E-state index in [1.54, 1.807) is 42.5 Å². The highest BCUT2D eigenvalue weighted by atomic mass is 79.9. The van der Waals surface area contributed by atoms with Crippen molar-refractivity contribution in [3.63, 3.8) is 0 Å². The van der Waals surface area contributed by atoms with Gasteiger partial charge in [-0.3, -0.25) is 9.10 Å². The topological polar surface area (TPSA) is 124 Å². The second-order valence-corrected chi connectivity index (χ2v) is 10.1. The summed E-state index contributed by atoms with van der Waals surface area (Å²) in [5.74, 6) is 0.0890. The number of aromatic hydroxyl groups is 1. The number of fused-ring (bicyclic) bond motifs is 1. The number of sulfonamides is 1. The highest BCUT2D eigenvalue weighted by Gasteiger charge is 2.21. The average molecular weight is 543 g/mol. The van der Waals surface area contributed by atoms with Crippen molar-refractivity contribution in [2.24, 2.45) is 10.2 Å². The number of benzene rings is 3. The largest absolute Gasteiger partial charge is 0.493 e. The zero-order valence-corrected chi connectivity index (χ0v) is 20.2. The first-order valence-electron chi connectivity index (χ1n) is 9.96. The van der Waals surface area contributed by atoms with E-state index in [0.717, 1.165) is 15.0 Å². The Hall–Kier alpha value is -3.70. The molecule has 4 rings (SSSR count). The highest BCUT2D eigenvalue weighted by molar-refractivity contribution is 9.10. The van der Waals surface area contributed by atoms with Gasteiger partial charge in [0, 0.05) is 9.86 Å². The summed E-state index contributed by atoms with van der Waals surface area (Å²) >= 11 is 3.34. The quantitative estimate of drug-likeness (QED) is 0.298. The summed E-state index contributed by atoms with van der Waals surface area (Å²) in [6.45, 7) is -0.561. The summed E-state index contributed by atoms with van der Waals surface area (Å²) in [5.41, 5.74) is 0.959. The number of halogens is 1. The molecule has 3 aromatic carbocycles. The van der Waals surface area contributed by atoms with E-state index in [1.807, 2.05) is 18.2 Å². The smallest absolute Gasteiger partial charge is 0.285 e. The standard InChI is InChI=1S/C23H19BrN4O5S/c1-34(31,32)28(16-8-10-18(11-9-16)33-17-5-3-2-4-6-17)14-21(29)26-27-22-19-13-15(24)7-12-20(19)25-23(22)30/h2-13,25,30H,14H2,1H3. The van der Waals surface area contributed by atoms with E-state index in [4.69, 9.17) is 4.74 Å². The van der Waals surface area contributed by atoms with Gasteiger partial charge in [-0.05, 0) is 54.6 Å². The molecule has 0 atom stereocenters. The molecular formula is C23H19BrN4O5S. The van der Waals surface area contributed by atoms with Crippen LogP contribution in [0.3, 0.4) is 0 Å². The number of aromatic amines is 1. The summed E-state index contributed by atoms with van der Waals surface area (Å²) in [7, 11) is -3.80. The molecule has 9 nitrogen and oxygen atoms in total. The molecule has 1 amide bonds. The highest BCUT2D eigenvalue weighted by Crippen LogP contribution is 2.36. The summed E-state index contributed by atoms with van der Waals surface area (Å²) in [6, 6.07) is 20.6. The van der Waals surface area contributed by atoms with E-state index >= 15 is 0 Å². The minimum Gasteiger partial charge on any atom is -0.493 e. The van der Waals surface area contributed by atoms with E-state index < -0.39 is 22.5 Å². The van der Waals surface area contributed by atoms with Crippen LogP contribution in [-0.4, -0.2) is 37.2 Å². The van der Waals surface area contributed by atoms with E-state index in [-0.39, 0.29) is 17.3 Å². The number of nitrogens with zero attached hydrogens (tertiary/aromatic N) is 3. The molecule has 0 bridgehead atoms. The minimum atomic E-state index is -3.80. The van der Waals surface area contributed by atoms with Gasteiger partial charge in [0.25, 0.3) is 5.91 Å². The molecule has 11 heteroatoms. The average Bonchev–Trinajstić information content (AvgIpc) is 3.11. The molecule has 0 radical (unpaired) electrons. The van der Waals surface area contributed by atoms with Gasteiger partial charge in [0.05, 0.1) is 17.5 Å². The molecule has 0 spiro atoms. The Morgan fingerprint density at radius 3 is 2.41 bits per heavy atom. The number of carbonyl (C=O) groups excluding carboxylic acids is 1. The molecule has 0 saturated carbocycles. The number of amides is 1. The van der Waals surface area contributed by atoms with Gasteiger partial charge >= 0.3 is 0 Å². The van der Waals surface area contributed by atoms with Crippen LogP contribution in [0.1, 0.15) is 0 Å². The number of rotatable bonds is 7. The Labute approximate surface area is 203 Å². The van der Waals surface area contributed by atoms with Crippen molar-refractivity contribution in [3.05, 3.63) is 77.3 Å². The maximum absolute atomic E-state index is 12.5. The predicted octanol–water partition coefficient (Wildman–Crippen LogP) is 5.50. The lowest BCUT2D eigenvalue weighted by molar-refractivity contribution is -0.116. The van der Waals surface area contributed by atoms with Crippen molar-refractivity contribution < 1.29 is 23.1 Å². The van der Waals surface area contributed by atoms with E-state index in [2.05, 4.69) is 31.1 Å². The first-order valence-corrected chi connectivity index (χ1v) is 12.6. The second-order valence-electron chi connectivity index (χ2n) is 7.28. The molecule has 34 heavy (non-hydrogen) atoms. The molecule has 0 aliphatic heterocycles. The van der Waals surface area contributed by atoms with Crippen LogP contribution in [0, 0.1) is 0 Å². The normalized spacial score (nSPS) is 11.7. The van der Waals surface area contributed by atoms with Crippen LogP contribution in [0.2, 0.25) is 0 Å². The number of carbonyl (C=O) groups is 1. The fourth-order valence-electron chi connectivity index (χ4n) is 3.20. The Balaban J connectivity index is 1.52. The number of anilines is 1. The van der Waals surface area contributed by atoms with Gasteiger partial charge in [-0.25, -0.2) is 8.42 Å². The summed E-state index contributed by atoms with van der Waals surface area (Å²) < 4.78 is 32.1. The van der Waals surface area contributed by atoms with Crippen LogP contribution >= 0.6 is 15.9 Å². The van der Waals surface area contributed by atoms with E-state index in [9.17, 15) is 18.3 Å². The Bertz CT molecular complexity index is 1470. The van der Waals surface area contributed by atoms with Crippen LogP contribution in [0.5, 0.6) is 17.4 Å². The molecule has 0 saturated heterocycles. The lowest BCUT2D eigenvalue weighted by Gasteiger charge is -2.20. The Kier molecular flexibility index (Phi) is 6.66. The molecular weight excluding hydrogens is 524 g/mol. The van der Waals surface area contributed by atoms with Crippen molar-refractivity contribution in [3.8, 4) is 17.4 Å². The monoisotopic (exact) mass is 542 g/mol. The molecule has 0 unspecified atom stereocenters. The molecule has 174 valence electrons. The molecule has 0 aliphatic carbocycles. The molecule has 4 aromatic rings. The summed E-state index contributed by atoms with van der Waals surface area (Å²) in [4.78, 5) is 15.2. The lowest BCUT2D eigenvalue weighted by Crippen LogP contribution is -2.34. The predicted molar refractivity (Wildman–Crippen MR) is 132 cm³/mol. The fraction of sp³-hybridized carbons (Fsp3) is 0.0870. The van der Waals surface area contributed by atoms with E-state index in [1.165, 1.54) is 12.1 Å². The molecule has 1 heterocycles. The third-order valence-corrected chi connectivity index (χ3v) is 6.39. The maximum atomic E-state index is 12.5. The Morgan fingerprint density at radius 1 is 1.06 bits per heavy atom. The fourth-order valence-corrected chi connectivity index (χ4v) is 4.41. The van der Waals surface area contributed by atoms with Crippen molar-refractivity contribution in [2.75, 3.05) is 17.1 Å². The number of aromatic nitrogens is 1. The lowest BCUT2D eigenvalue weighted by atomic mass is 10.2. The van der Waals surface area contributed by atoms with Crippen LogP contribution in [0.15, 0.2) is 87.5 Å². The van der Waals surface area contributed by atoms with Crippen molar-refractivity contribution >= 4 is 54.1 Å². The summed E-state index contributed by atoms with van der Waals surface area (Å²) in [5, 5.41) is 18.1. The number of para-hydroxylation sites is 1. The number of hydrogen-bond acceptors (Lipinski definition) is 6. The molecule has 1 aromatic heterocycles. The first kappa shape index (κ1) is 23.5. The third kappa shape index (κ3) is 5.43. The minimum absolute atomic E-state index is 0.0815. The van der Waals surface area contributed by atoms with Crippen LogP contribution in [0.4, 0.5) is 11.4 Å². The van der Waals surface area contributed by atoms with Gasteiger partial charge in [-0.1, -0.05) is 34.1 Å². The zero-order valence-electron chi connectivity index (χ0n) is 17.8. The van der Waals surface area contributed by atoms with Gasteiger partial charge in [0.2, 0.25) is 15.9 Å². The molecule has 0 aliphatic rings. The van der Waals surface area contributed by atoms with Gasteiger partial charge in [-0.2, -0.15) is 0 Å². The zero-order chi connectivity index (χ0) is 24.3. The first-order chi connectivity index (χ1) is 16.2. The van der Waals surface area contributed by atoms with Crippen molar-refractivity contribution in [1.82, 2.24) is 4.98 Å². The number of ether oxygens (including phenoxy) is 1. The van der Waals surface area contributed by atoms with Crippen LogP contribution in [-0.2, 0) is 14.8 Å². The van der Waals surface area contributed by atoms with Crippen molar-refractivity contribution in [2.45, 2.75) is 0 Å². The van der Waals surface area contributed by atoms with Gasteiger partial charge < -0.3 is 14.8 Å². The van der Waals surface area contributed by atoms with E-state index in [0.29, 0.717) is 22.4 Å².